The predicted octanol–water partition coefficient (Wildman–Crippen LogP) is 4.23. The van der Waals surface area contributed by atoms with Gasteiger partial charge in [0.15, 0.2) is 11.5 Å². The molecule has 7 nitrogen and oxygen atoms in total. The van der Waals surface area contributed by atoms with Crippen molar-refractivity contribution >= 4 is 52.2 Å². The fraction of sp³-hybridized carbons (Fsp3) is 0.174. The number of urea groups is 1. The number of carbonyl (C=O) groups is 3. The van der Waals surface area contributed by atoms with E-state index in [1.54, 1.807) is 36.4 Å². The van der Waals surface area contributed by atoms with Gasteiger partial charge in [-0.15, -0.1) is 0 Å². The molecule has 0 aromatic heterocycles. The van der Waals surface area contributed by atoms with Crippen LogP contribution in [0.5, 0.6) is 11.5 Å². The molecule has 4 amide bonds. The van der Waals surface area contributed by atoms with E-state index in [4.69, 9.17) is 9.47 Å². The van der Waals surface area contributed by atoms with Crippen LogP contribution in [0, 0.1) is 10.5 Å². The summed E-state index contributed by atoms with van der Waals surface area (Å²) >= 11 is 2.10. The second kappa shape index (κ2) is 9.78. The highest BCUT2D eigenvalue weighted by atomic mass is 127. The number of hydrogen-bond donors (Lipinski definition) is 1. The normalized spacial score (nSPS) is 15.1. The van der Waals surface area contributed by atoms with Gasteiger partial charge in [-0.2, -0.15) is 0 Å². The van der Waals surface area contributed by atoms with Gasteiger partial charge in [0.2, 0.25) is 0 Å². The molecule has 0 radical (unpaired) electrons. The zero-order chi connectivity index (χ0) is 22.5. The summed E-state index contributed by atoms with van der Waals surface area (Å²) in [5.74, 6) is -0.406. The number of amides is 4. The van der Waals surface area contributed by atoms with Crippen LogP contribution >= 0.6 is 22.6 Å². The minimum Gasteiger partial charge on any atom is -0.490 e. The summed E-state index contributed by atoms with van der Waals surface area (Å²) in [5.41, 5.74) is 1.68. The molecular weight excluding hydrogens is 511 g/mol. The molecule has 1 fully saturated rings. The zero-order valence-electron chi connectivity index (χ0n) is 17.1. The van der Waals surface area contributed by atoms with Crippen molar-refractivity contribution in [1.82, 2.24) is 5.32 Å². The Morgan fingerprint density at radius 2 is 1.94 bits per heavy atom. The molecule has 1 aliphatic heterocycles. The Balaban J connectivity index is 2.03. The molecule has 0 atom stereocenters. The highest BCUT2D eigenvalue weighted by Gasteiger charge is 2.36. The van der Waals surface area contributed by atoms with Gasteiger partial charge < -0.3 is 9.47 Å². The number of nitrogens with zero attached hydrogens (tertiary/aromatic N) is 1. The maximum absolute atomic E-state index is 13.1. The van der Waals surface area contributed by atoms with Crippen LogP contribution in [-0.2, 0) is 9.59 Å². The number of anilines is 1. The molecule has 0 bridgehead atoms. The summed E-state index contributed by atoms with van der Waals surface area (Å²) in [6.45, 7) is 8.07. The van der Waals surface area contributed by atoms with Crippen molar-refractivity contribution < 1.29 is 23.9 Å². The number of benzene rings is 2. The quantitative estimate of drug-likeness (QED) is 0.250. The summed E-state index contributed by atoms with van der Waals surface area (Å²) in [7, 11) is 0. The minimum absolute atomic E-state index is 0.154. The summed E-state index contributed by atoms with van der Waals surface area (Å²) in [6, 6.07) is 9.60. The number of hydrogen-bond acceptors (Lipinski definition) is 5. The lowest BCUT2D eigenvalue weighted by Crippen LogP contribution is -2.54. The van der Waals surface area contributed by atoms with Gasteiger partial charge in [-0.1, -0.05) is 24.8 Å². The Morgan fingerprint density at radius 1 is 1.16 bits per heavy atom. The predicted molar refractivity (Wildman–Crippen MR) is 126 cm³/mol. The molecule has 2 aromatic carbocycles. The average Bonchev–Trinajstić information content (AvgIpc) is 2.71. The third-order valence-corrected chi connectivity index (χ3v) is 5.15. The van der Waals surface area contributed by atoms with E-state index in [0.29, 0.717) is 36.0 Å². The van der Waals surface area contributed by atoms with E-state index in [1.165, 1.54) is 6.08 Å². The van der Waals surface area contributed by atoms with Crippen molar-refractivity contribution in [2.75, 3.05) is 18.1 Å². The first-order valence-electron chi connectivity index (χ1n) is 9.53. The number of nitrogens with one attached hydrogen (secondary N) is 1. The zero-order valence-corrected chi connectivity index (χ0v) is 19.3. The number of aryl methyl sites for hydroxylation is 1. The Morgan fingerprint density at radius 3 is 2.61 bits per heavy atom. The second-order valence-corrected chi connectivity index (χ2v) is 7.82. The third kappa shape index (κ3) is 4.96. The lowest BCUT2D eigenvalue weighted by atomic mass is 10.1. The van der Waals surface area contributed by atoms with Crippen molar-refractivity contribution in [2.45, 2.75) is 13.8 Å². The summed E-state index contributed by atoms with van der Waals surface area (Å²) in [4.78, 5) is 38.8. The number of halogens is 1. The Labute approximate surface area is 193 Å². The summed E-state index contributed by atoms with van der Waals surface area (Å²) in [5, 5.41) is 2.23. The maximum atomic E-state index is 13.1. The van der Waals surface area contributed by atoms with Crippen LogP contribution in [-0.4, -0.2) is 31.1 Å². The smallest absolute Gasteiger partial charge is 0.335 e. The lowest BCUT2D eigenvalue weighted by Gasteiger charge is -2.26. The third-order valence-electron chi connectivity index (χ3n) is 4.35. The topological polar surface area (TPSA) is 84.9 Å². The molecule has 160 valence electrons. The van der Waals surface area contributed by atoms with E-state index in [9.17, 15) is 14.4 Å². The molecule has 2 aromatic rings. The molecular formula is C23H21IN2O5. The molecule has 8 heteroatoms. The minimum atomic E-state index is -0.782. The van der Waals surface area contributed by atoms with Crippen molar-refractivity contribution in [1.29, 1.82) is 0 Å². The van der Waals surface area contributed by atoms with Crippen LogP contribution in [0.2, 0.25) is 0 Å². The van der Waals surface area contributed by atoms with Crippen LogP contribution in [0.4, 0.5) is 10.5 Å². The summed E-state index contributed by atoms with van der Waals surface area (Å²) in [6.07, 6.45) is 3.07. The van der Waals surface area contributed by atoms with Crippen molar-refractivity contribution in [3.63, 3.8) is 0 Å². The van der Waals surface area contributed by atoms with Gasteiger partial charge in [0.05, 0.1) is 15.9 Å². The molecule has 1 heterocycles. The van der Waals surface area contributed by atoms with Crippen LogP contribution in [0.15, 0.2) is 54.6 Å². The largest absolute Gasteiger partial charge is 0.490 e. The molecule has 3 rings (SSSR count). The molecule has 0 saturated carbocycles. The van der Waals surface area contributed by atoms with Crippen LogP contribution in [0.3, 0.4) is 0 Å². The molecule has 1 aliphatic rings. The van der Waals surface area contributed by atoms with Gasteiger partial charge in [-0.05, 0) is 77.9 Å². The van der Waals surface area contributed by atoms with Crippen LogP contribution in [0.25, 0.3) is 6.08 Å². The van der Waals surface area contributed by atoms with E-state index in [-0.39, 0.29) is 5.57 Å². The maximum Gasteiger partial charge on any atom is 0.335 e. The van der Waals surface area contributed by atoms with Crippen molar-refractivity contribution in [3.8, 4) is 11.5 Å². The highest BCUT2D eigenvalue weighted by molar-refractivity contribution is 14.1. The standard InChI is InChI=1S/C23H21IN2O5/c1-4-9-31-20-18(24)12-15(13-19(20)30-5-2)11-17-21(27)25-23(29)26(22(17)28)16-8-6-7-14(3)10-16/h4,6-8,10-13H,1,5,9H2,2-3H3,(H,25,27,29)/b17-11+. The van der Waals surface area contributed by atoms with Gasteiger partial charge in [0.1, 0.15) is 12.2 Å². The van der Waals surface area contributed by atoms with Gasteiger partial charge in [0, 0.05) is 0 Å². The molecule has 1 saturated heterocycles. The lowest BCUT2D eigenvalue weighted by molar-refractivity contribution is -0.122. The van der Waals surface area contributed by atoms with Gasteiger partial charge in [-0.3, -0.25) is 14.9 Å². The first kappa shape index (κ1) is 22.5. The average molecular weight is 532 g/mol. The molecule has 0 aliphatic carbocycles. The Bertz CT molecular complexity index is 1090. The van der Waals surface area contributed by atoms with Gasteiger partial charge >= 0.3 is 6.03 Å². The molecule has 0 unspecified atom stereocenters. The van der Waals surface area contributed by atoms with Crippen molar-refractivity contribution in [3.05, 3.63) is 69.3 Å². The first-order chi connectivity index (χ1) is 14.8. The number of carbonyl (C=O) groups excluding carboxylic acids is 3. The monoisotopic (exact) mass is 532 g/mol. The van der Waals surface area contributed by atoms with Gasteiger partial charge in [0.25, 0.3) is 11.8 Å². The van der Waals surface area contributed by atoms with E-state index in [2.05, 4.69) is 34.5 Å². The number of barbiturate groups is 1. The fourth-order valence-electron chi connectivity index (χ4n) is 3.04. The molecule has 0 spiro atoms. The second-order valence-electron chi connectivity index (χ2n) is 6.66. The van der Waals surface area contributed by atoms with E-state index in [1.807, 2.05) is 19.9 Å². The number of imide groups is 2. The molecule has 31 heavy (non-hydrogen) atoms. The van der Waals surface area contributed by atoms with Crippen LogP contribution in [0.1, 0.15) is 18.1 Å². The Kier molecular flexibility index (Phi) is 7.11. The number of ether oxygens (including phenoxy) is 2. The van der Waals surface area contributed by atoms with Crippen molar-refractivity contribution in [2.24, 2.45) is 0 Å². The number of rotatable bonds is 7. The fourth-order valence-corrected chi connectivity index (χ4v) is 3.82. The van der Waals surface area contributed by atoms with E-state index >= 15 is 0 Å². The summed E-state index contributed by atoms with van der Waals surface area (Å²) < 4.78 is 12.1. The van der Waals surface area contributed by atoms with E-state index < -0.39 is 17.8 Å². The highest BCUT2D eigenvalue weighted by Crippen LogP contribution is 2.35. The van der Waals surface area contributed by atoms with E-state index in [0.717, 1.165) is 14.0 Å². The molecule has 1 N–H and O–H groups in total. The van der Waals surface area contributed by atoms with Crippen LogP contribution < -0.4 is 19.7 Å². The first-order valence-corrected chi connectivity index (χ1v) is 10.6. The SMILES string of the molecule is C=CCOc1c(I)cc(/C=C2\C(=O)NC(=O)N(c3cccc(C)c3)C2=O)cc1OCC. The Hall–Kier alpha value is -3.14. The van der Waals surface area contributed by atoms with Gasteiger partial charge in [-0.25, -0.2) is 9.69 Å².